The molecular formula is C40H55N7S. The van der Waals surface area contributed by atoms with Crippen LogP contribution in [-0.4, -0.2) is 57.8 Å². The lowest BCUT2D eigenvalue weighted by atomic mass is 10.1. The highest BCUT2D eigenvalue weighted by Crippen LogP contribution is 2.31. The number of hydrogen-bond acceptors (Lipinski definition) is 6. The highest BCUT2D eigenvalue weighted by Gasteiger charge is 2.19. The molecule has 0 amide bonds. The molecule has 0 atom stereocenters. The maximum atomic E-state index is 4.90. The quantitative estimate of drug-likeness (QED) is 0.123. The molecule has 4 aromatic rings. The fourth-order valence-corrected chi connectivity index (χ4v) is 5.32. The SMILES string of the molecule is C#CC.C/C=C\C(=C/CCN1CCCC1)Nc1nccc(-c2c3ccccn3n2-c2ccc(C)cc2)n1.C=C(CC)S/C=C\C.CNC. The van der Waals surface area contributed by atoms with Gasteiger partial charge in [0.2, 0.25) is 5.95 Å². The maximum absolute atomic E-state index is 4.90. The first kappa shape index (κ1) is 39.9. The van der Waals surface area contributed by atoms with Crippen molar-refractivity contribution in [3.05, 3.63) is 113 Å². The van der Waals surface area contributed by atoms with Gasteiger partial charge in [0.25, 0.3) is 0 Å². The number of aryl methyl sites for hydroxylation is 1. The lowest BCUT2D eigenvalue weighted by Crippen LogP contribution is -2.20. The summed E-state index contributed by atoms with van der Waals surface area (Å²) in [5.74, 6) is 2.86. The molecule has 1 aliphatic heterocycles. The Bertz CT molecular complexity index is 1630. The molecule has 5 rings (SSSR count). The molecule has 256 valence electrons. The molecular weight excluding hydrogens is 611 g/mol. The minimum Gasteiger partial charge on any atom is -0.324 e. The molecule has 0 saturated carbocycles. The summed E-state index contributed by atoms with van der Waals surface area (Å²) in [5.41, 5.74) is 6.46. The molecule has 2 N–H and O–H groups in total. The van der Waals surface area contributed by atoms with Gasteiger partial charge in [0.1, 0.15) is 5.69 Å². The fraction of sp³-hybridized carbons (Fsp3) is 0.350. The van der Waals surface area contributed by atoms with E-state index in [2.05, 4.69) is 117 Å². The molecule has 0 spiro atoms. The zero-order valence-electron chi connectivity index (χ0n) is 30.0. The second kappa shape index (κ2) is 23.1. The zero-order chi connectivity index (χ0) is 35.1. The lowest BCUT2D eigenvalue weighted by Gasteiger charge is -2.25. The lowest BCUT2D eigenvalue weighted by molar-refractivity contribution is 0.346. The molecule has 0 bridgehead atoms. The van der Waals surface area contributed by atoms with Crippen LogP contribution in [0.3, 0.4) is 0 Å². The summed E-state index contributed by atoms with van der Waals surface area (Å²) in [5, 5.41) is 8.23. The standard InChI is InChI=1S/C28H32N6.C7H12S.C3H4.C2H7N/c1-3-9-23(10-8-20-32-18-6-7-19-32)30-28-29-17-16-25(31-28)27-26-11-4-5-21-33(26)34(27)24-14-12-22(2)13-15-24;1-4-6-8-7(3)5-2;2*1-3-2/h3-5,9-17,21H,6-8,18-20H2,1-2H3,(H,29,30,31);4,6H,3,5H2,1-2H3;1H,2H3;3H,1-2H3/b9-3-,23-10+;6-4-;;. The average Bonchev–Trinajstić information content (AvgIpc) is 3.60. The topological polar surface area (TPSA) is 62.4 Å². The number of pyridine rings is 1. The number of benzene rings is 1. The first-order chi connectivity index (χ1) is 23.4. The number of thioether (sulfide) groups is 1. The smallest absolute Gasteiger partial charge is 0.227 e. The van der Waals surface area contributed by atoms with E-state index in [1.807, 2.05) is 63.8 Å². The summed E-state index contributed by atoms with van der Waals surface area (Å²) in [6.07, 6.45) is 21.6. The van der Waals surface area contributed by atoms with Gasteiger partial charge in [0, 0.05) is 24.6 Å². The Balaban J connectivity index is 0.000000486. The predicted molar refractivity (Wildman–Crippen MR) is 211 cm³/mol. The van der Waals surface area contributed by atoms with Crippen LogP contribution in [0.25, 0.3) is 22.6 Å². The summed E-state index contributed by atoms with van der Waals surface area (Å²) in [6.45, 7) is 17.3. The Morgan fingerprint density at radius 1 is 1.06 bits per heavy atom. The Hall–Kier alpha value is -4.29. The second-order valence-electron chi connectivity index (χ2n) is 11.1. The van der Waals surface area contributed by atoms with E-state index >= 15 is 0 Å². The van der Waals surface area contributed by atoms with Gasteiger partial charge in [-0.1, -0.05) is 55.5 Å². The van der Waals surface area contributed by atoms with E-state index < -0.39 is 0 Å². The van der Waals surface area contributed by atoms with Crippen molar-refractivity contribution in [2.45, 2.75) is 60.3 Å². The highest BCUT2D eigenvalue weighted by molar-refractivity contribution is 8.05. The molecule has 7 nitrogen and oxygen atoms in total. The van der Waals surface area contributed by atoms with Gasteiger partial charge in [0.05, 0.1) is 16.9 Å². The second-order valence-corrected chi connectivity index (χ2v) is 12.2. The normalized spacial score (nSPS) is 12.9. The van der Waals surface area contributed by atoms with Crippen LogP contribution in [0.5, 0.6) is 0 Å². The van der Waals surface area contributed by atoms with E-state index in [4.69, 9.17) is 4.98 Å². The van der Waals surface area contributed by atoms with Gasteiger partial charge in [-0.25, -0.2) is 14.6 Å². The summed E-state index contributed by atoms with van der Waals surface area (Å²) in [7, 11) is 3.75. The third-order valence-corrected chi connectivity index (χ3v) is 8.09. The average molecular weight is 666 g/mol. The third-order valence-electron chi connectivity index (χ3n) is 7.06. The van der Waals surface area contributed by atoms with Crippen molar-refractivity contribution >= 4 is 23.2 Å². The predicted octanol–water partition coefficient (Wildman–Crippen LogP) is 9.51. The number of anilines is 1. The maximum Gasteiger partial charge on any atom is 0.227 e. The van der Waals surface area contributed by atoms with Crippen molar-refractivity contribution < 1.29 is 0 Å². The summed E-state index contributed by atoms with van der Waals surface area (Å²) >= 11 is 1.70. The number of allylic oxidation sites excluding steroid dienone is 4. The van der Waals surface area contributed by atoms with Gasteiger partial charge in [-0.2, -0.15) is 0 Å². The van der Waals surface area contributed by atoms with Crippen LogP contribution in [0.1, 0.15) is 58.9 Å². The Kier molecular flexibility index (Phi) is 19.2. The number of nitrogens with zero attached hydrogens (tertiary/aromatic N) is 5. The van der Waals surface area contributed by atoms with Crippen molar-refractivity contribution in [1.29, 1.82) is 0 Å². The fourth-order valence-electron chi connectivity index (χ4n) is 4.82. The van der Waals surface area contributed by atoms with E-state index in [-0.39, 0.29) is 0 Å². The third kappa shape index (κ3) is 13.1. The molecule has 8 heteroatoms. The van der Waals surface area contributed by atoms with Crippen LogP contribution < -0.4 is 10.6 Å². The number of hydrogen-bond donors (Lipinski definition) is 2. The summed E-state index contributed by atoms with van der Waals surface area (Å²) in [4.78, 5) is 13.2. The molecule has 1 aromatic carbocycles. The largest absolute Gasteiger partial charge is 0.324 e. The van der Waals surface area contributed by atoms with Crippen LogP contribution in [0.15, 0.2) is 108 Å². The first-order valence-corrected chi connectivity index (χ1v) is 17.6. The van der Waals surface area contributed by atoms with Gasteiger partial charge < -0.3 is 15.5 Å². The molecule has 0 radical (unpaired) electrons. The number of fused-ring (bicyclic) bond motifs is 1. The van der Waals surface area contributed by atoms with Crippen molar-refractivity contribution in [2.75, 3.05) is 39.0 Å². The molecule has 1 aliphatic rings. The number of nitrogens with one attached hydrogen (secondary N) is 2. The zero-order valence-corrected chi connectivity index (χ0v) is 30.9. The number of rotatable bonds is 11. The van der Waals surface area contributed by atoms with Gasteiger partial charge in [-0.3, -0.25) is 4.52 Å². The molecule has 1 saturated heterocycles. The van der Waals surface area contributed by atoms with E-state index in [1.54, 1.807) is 18.7 Å². The van der Waals surface area contributed by atoms with Gasteiger partial charge in [-0.05, 0) is 127 Å². The van der Waals surface area contributed by atoms with Crippen LogP contribution >= 0.6 is 11.8 Å². The van der Waals surface area contributed by atoms with Crippen LogP contribution in [0, 0.1) is 19.3 Å². The number of aromatic nitrogens is 4. The molecule has 48 heavy (non-hydrogen) atoms. The molecule has 4 heterocycles. The van der Waals surface area contributed by atoms with Crippen molar-refractivity contribution in [3.8, 4) is 29.4 Å². The monoisotopic (exact) mass is 665 g/mol. The number of likely N-dealkylation sites (tertiary alicyclic amines) is 1. The van der Waals surface area contributed by atoms with Gasteiger partial charge >= 0.3 is 0 Å². The Labute approximate surface area is 293 Å². The van der Waals surface area contributed by atoms with Crippen LogP contribution in [-0.2, 0) is 0 Å². The van der Waals surface area contributed by atoms with E-state index in [0.717, 1.165) is 47.7 Å². The van der Waals surface area contributed by atoms with Gasteiger partial charge in [0.15, 0.2) is 0 Å². The van der Waals surface area contributed by atoms with Crippen molar-refractivity contribution in [2.24, 2.45) is 0 Å². The van der Waals surface area contributed by atoms with Gasteiger partial charge in [-0.15, -0.1) is 24.1 Å². The van der Waals surface area contributed by atoms with Crippen molar-refractivity contribution in [3.63, 3.8) is 0 Å². The van der Waals surface area contributed by atoms with E-state index in [9.17, 15) is 0 Å². The minimum atomic E-state index is 0.605. The molecule has 0 unspecified atom stereocenters. The summed E-state index contributed by atoms with van der Waals surface area (Å²) < 4.78 is 4.35. The first-order valence-electron chi connectivity index (χ1n) is 16.7. The van der Waals surface area contributed by atoms with Crippen molar-refractivity contribution in [1.82, 2.24) is 29.4 Å². The molecule has 0 aliphatic carbocycles. The number of terminal acetylenes is 1. The van der Waals surface area contributed by atoms with Crippen LogP contribution in [0.4, 0.5) is 5.95 Å². The Morgan fingerprint density at radius 3 is 2.38 bits per heavy atom. The van der Waals surface area contributed by atoms with E-state index in [1.165, 1.54) is 36.4 Å². The molecule has 1 fully saturated rings. The highest BCUT2D eigenvalue weighted by atomic mass is 32.2. The Morgan fingerprint density at radius 2 is 1.75 bits per heavy atom. The molecule has 3 aromatic heterocycles. The summed E-state index contributed by atoms with van der Waals surface area (Å²) in [6, 6.07) is 16.8. The minimum absolute atomic E-state index is 0.605. The van der Waals surface area contributed by atoms with Crippen LogP contribution in [0.2, 0.25) is 0 Å². The van der Waals surface area contributed by atoms with E-state index in [0.29, 0.717) is 5.95 Å².